The zero-order valence-electron chi connectivity index (χ0n) is 20.8. The number of esters is 1. The fourth-order valence-corrected chi connectivity index (χ4v) is 3.25. The number of ether oxygens (including phenoxy) is 1. The van der Waals surface area contributed by atoms with Crippen LogP contribution in [0.15, 0.2) is 12.2 Å². The van der Waals surface area contributed by atoms with Gasteiger partial charge in [-0.1, -0.05) is 70.4 Å². The quantitative estimate of drug-likeness (QED) is 0.0347. The maximum atomic E-state index is 11.6. The van der Waals surface area contributed by atoms with Gasteiger partial charge in [0.05, 0.1) is 13.2 Å². The van der Waals surface area contributed by atoms with Gasteiger partial charge in [-0.25, -0.2) is 9.45 Å². The molecular formula is C23H48NO9P. The second-order valence-corrected chi connectivity index (χ2v) is 9.28. The first kappa shape index (κ1) is 35.3. The SMILES string of the molecule is CCCCCCCC/C=C\CCCCCCCC(=O)OCC(COP(=O)(O)O)OO.NCCO. The Morgan fingerprint density at radius 1 is 0.912 bits per heavy atom. The molecule has 0 aliphatic carbocycles. The molecule has 0 saturated carbocycles. The van der Waals surface area contributed by atoms with Gasteiger partial charge in [0.25, 0.3) is 0 Å². The lowest BCUT2D eigenvalue weighted by atomic mass is 10.1. The number of phosphoric ester groups is 1. The lowest BCUT2D eigenvalue weighted by Crippen LogP contribution is -2.25. The third-order valence-corrected chi connectivity index (χ3v) is 5.27. The maximum absolute atomic E-state index is 11.6. The fourth-order valence-electron chi connectivity index (χ4n) is 2.89. The van der Waals surface area contributed by atoms with Crippen LogP contribution in [0.1, 0.15) is 96.8 Å². The molecule has 0 aliphatic rings. The van der Waals surface area contributed by atoms with E-state index in [0.29, 0.717) is 6.54 Å². The minimum Gasteiger partial charge on any atom is -0.463 e. The molecule has 204 valence electrons. The van der Waals surface area contributed by atoms with Crippen molar-refractivity contribution in [1.82, 2.24) is 0 Å². The minimum absolute atomic E-state index is 0.0972. The molecule has 0 saturated heterocycles. The Morgan fingerprint density at radius 2 is 1.41 bits per heavy atom. The summed E-state index contributed by atoms with van der Waals surface area (Å²) in [4.78, 5) is 32.8. The fraction of sp³-hybridized carbons (Fsp3) is 0.870. The van der Waals surface area contributed by atoms with Crippen LogP contribution >= 0.6 is 7.82 Å². The molecule has 0 rings (SSSR count). The summed E-state index contributed by atoms with van der Waals surface area (Å²) in [7, 11) is -4.66. The maximum Gasteiger partial charge on any atom is 0.469 e. The van der Waals surface area contributed by atoms with E-state index in [1.807, 2.05) is 0 Å². The summed E-state index contributed by atoms with van der Waals surface area (Å²) >= 11 is 0. The molecule has 0 fully saturated rings. The van der Waals surface area contributed by atoms with Crippen molar-refractivity contribution in [2.75, 3.05) is 26.4 Å². The summed E-state index contributed by atoms with van der Waals surface area (Å²) in [6.45, 7) is 1.79. The molecule has 6 N–H and O–H groups in total. The van der Waals surface area contributed by atoms with Crippen molar-refractivity contribution in [2.45, 2.75) is 103 Å². The average molecular weight is 514 g/mol. The zero-order valence-corrected chi connectivity index (χ0v) is 21.7. The topological polar surface area (TPSA) is 169 Å². The van der Waals surface area contributed by atoms with Gasteiger partial charge >= 0.3 is 13.8 Å². The molecule has 11 heteroatoms. The molecule has 1 atom stereocenters. The predicted octanol–water partition coefficient (Wildman–Crippen LogP) is 4.47. The molecule has 1 unspecified atom stereocenters. The van der Waals surface area contributed by atoms with Crippen molar-refractivity contribution in [3.05, 3.63) is 12.2 Å². The summed E-state index contributed by atoms with van der Waals surface area (Å²) in [6, 6.07) is 0. The molecule has 0 aromatic rings. The van der Waals surface area contributed by atoms with Crippen LogP contribution < -0.4 is 5.73 Å². The van der Waals surface area contributed by atoms with Crippen LogP contribution in [0.2, 0.25) is 0 Å². The third kappa shape index (κ3) is 31.2. The lowest BCUT2D eigenvalue weighted by Gasteiger charge is -2.14. The standard InChI is InChI=1S/C21H41O8P.C2H7NO/c1-2-3-4-5-6-7-8-9-10-11-12-13-14-15-16-17-21(22)27-18-20(29-23)19-28-30(24,25)26;3-1-2-4/h9-10,20,23H,2-8,11-19H2,1H3,(H2,24,25,26);4H,1-3H2/b10-9-;. The van der Waals surface area contributed by atoms with E-state index in [-0.39, 0.29) is 19.6 Å². The molecule has 0 amide bonds. The van der Waals surface area contributed by atoms with Crippen LogP contribution in [-0.4, -0.2) is 58.6 Å². The van der Waals surface area contributed by atoms with Crippen molar-refractivity contribution in [3.8, 4) is 0 Å². The van der Waals surface area contributed by atoms with E-state index < -0.39 is 26.5 Å². The number of carbonyl (C=O) groups is 1. The molecule has 0 aliphatic heterocycles. The lowest BCUT2D eigenvalue weighted by molar-refractivity contribution is -0.290. The number of aliphatic hydroxyl groups excluding tert-OH is 1. The Balaban J connectivity index is 0. The number of carbonyl (C=O) groups excluding carboxylic acids is 1. The highest BCUT2D eigenvalue weighted by Crippen LogP contribution is 2.35. The second-order valence-electron chi connectivity index (χ2n) is 8.04. The first-order valence-corrected chi connectivity index (χ1v) is 14.0. The van der Waals surface area contributed by atoms with E-state index >= 15 is 0 Å². The van der Waals surface area contributed by atoms with Crippen LogP contribution in [0.4, 0.5) is 0 Å². The zero-order chi connectivity index (χ0) is 25.9. The Bertz CT molecular complexity index is 513. The van der Waals surface area contributed by atoms with Crippen molar-refractivity contribution in [3.63, 3.8) is 0 Å². The van der Waals surface area contributed by atoms with Crippen LogP contribution in [0.3, 0.4) is 0 Å². The predicted molar refractivity (Wildman–Crippen MR) is 132 cm³/mol. The van der Waals surface area contributed by atoms with Gasteiger partial charge in [0, 0.05) is 13.0 Å². The normalized spacial score (nSPS) is 12.4. The molecule has 0 heterocycles. The Hall–Kier alpha value is -0.840. The van der Waals surface area contributed by atoms with E-state index in [9.17, 15) is 9.36 Å². The number of unbranched alkanes of at least 4 members (excludes halogenated alkanes) is 11. The van der Waals surface area contributed by atoms with Gasteiger partial charge in [0.15, 0.2) is 6.10 Å². The van der Waals surface area contributed by atoms with Crippen molar-refractivity contribution in [2.24, 2.45) is 5.73 Å². The van der Waals surface area contributed by atoms with Crippen molar-refractivity contribution in [1.29, 1.82) is 0 Å². The Morgan fingerprint density at radius 3 is 1.88 bits per heavy atom. The van der Waals surface area contributed by atoms with Crippen LogP contribution in [-0.2, 0) is 23.5 Å². The molecule has 0 aromatic carbocycles. The molecule has 34 heavy (non-hydrogen) atoms. The number of rotatable bonds is 22. The summed E-state index contributed by atoms with van der Waals surface area (Å²) in [5.41, 5.74) is 4.78. The number of hydrogen-bond donors (Lipinski definition) is 5. The van der Waals surface area contributed by atoms with Crippen molar-refractivity contribution >= 4 is 13.8 Å². The highest BCUT2D eigenvalue weighted by Gasteiger charge is 2.20. The molecule has 0 aromatic heterocycles. The van der Waals surface area contributed by atoms with E-state index in [0.717, 1.165) is 38.5 Å². The van der Waals surface area contributed by atoms with Gasteiger partial charge in [0.2, 0.25) is 0 Å². The van der Waals surface area contributed by atoms with Crippen LogP contribution in [0.25, 0.3) is 0 Å². The summed E-state index contributed by atoms with van der Waals surface area (Å²) < 4.78 is 19.7. The van der Waals surface area contributed by atoms with Gasteiger partial charge in [-0.2, -0.15) is 0 Å². The minimum atomic E-state index is -4.66. The number of aliphatic hydroxyl groups is 1. The molecule has 0 spiro atoms. The van der Waals surface area contributed by atoms with Gasteiger partial charge < -0.3 is 25.4 Å². The molecule has 10 nitrogen and oxygen atoms in total. The van der Waals surface area contributed by atoms with Gasteiger partial charge in [-0.3, -0.25) is 14.6 Å². The largest absolute Gasteiger partial charge is 0.469 e. The van der Waals surface area contributed by atoms with E-state index in [1.54, 1.807) is 0 Å². The first-order valence-electron chi connectivity index (χ1n) is 12.4. The van der Waals surface area contributed by atoms with Gasteiger partial charge in [0.1, 0.15) is 6.61 Å². The summed E-state index contributed by atoms with van der Waals surface area (Å²) in [5.74, 6) is -0.439. The average Bonchev–Trinajstić information content (AvgIpc) is 2.81. The van der Waals surface area contributed by atoms with Crippen molar-refractivity contribution < 1.29 is 43.7 Å². The van der Waals surface area contributed by atoms with Gasteiger partial charge in [-0.05, 0) is 32.1 Å². The monoisotopic (exact) mass is 513 g/mol. The number of allylic oxidation sites excluding steroid dienone is 2. The number of hydrogen-bond acceptors (Lipinski definition) is 8. The highest BCUT2D eigenvalue weighted by atomic mass is 31.2. The molecule has 0 bridgehead atoms. The van der Waals surface area contributed by atoms with Crippen LogP contribution in [0, 0.1) is 0 Å². The first-order chi connectivity index (χ1) is 16.3. The summed E-state index contributed by atoms with van der Waals surface area (Å²) in [6.07, 6.45) is 19.0. The van der Waals surface area contributed by atoms with E-state index in [1.165, 1.54) is 44.9 Å². The highest BCUT2D eigenvalue weighted by molar-refractivity contribution is 7.46. The molecular weight excluding hydrogens is 465 g/mol. The Kier molecular flexibility index (Phi) is 27.8. The number of nitrogens with two attached hydrogens (primary N) is 1. The van der Waals surface area contributed by atoms with E-state index in [2.05, 4.69) is 28.5 Å². The number of phosphoric acid groups is 1. The Labute approximate surface area is 205 Å². The second kappa shape index (κ2) is 26.8. The van der Waals surface area contributed by atoms with E-state index in [4.69, 9.17) is 30.6 Å². The van der Waals surface area contributed by atoms with Crippen LogP contribution in [0.5, 0.6) is 0 Å². The molecule has 0 radical (unpaired) electrons. The smallest absolute Gasteiger partial charge is 0.463 e. The van der Waals surface area contributed by atoms with Gasteiger partial charge in [-0.15, -0.1) is 0 Å². The third-order valence-electron chi connectivity index (χ3n) is 4.78. The summed E-state index contributed by atoms with van der Waals surface area (Å²) in [5, 5.41) is 16.4.